The molecule has 0 heterocycles. The molecule has 0 amide bonds. The van der Waals surface area contributed by atoms with Crippen LogP contribution in [0.2, 0.25) is 0 Å². The Bertz CT molecular complexity index is 1480. The van der Waals surface area contributed by atoms with Gasteiger partial charge in [0.05, 0.1) is 6.04 Å². The minimum absolute atomic E-state index is 0.0243. The lowest BCUT2D eigenvalue weighted by molar-refractivity contribution is -0.134. The Balaban J connectivity index is 1.43. The normalized spacial score (nSPS) is 14.5. The topological polar surface area (TPSA) is 62.0 Å². The van der Waals surface area contributed by atoms with Crippen molar-refractivity contribution in [1.82, 2.24) is 9.96 Å². The smallest absolute Gasteiger partial charge is 0.119 e. The molecule has 3 N–H and O–H groups in total. The van der Waals surface area contributed by atoms with Crippen molar-refractivity contribution in [2.24, 2.45) is 5.73 Å². The highest BCUT2D eigenvalue weighted by molar-refractivity contribution is 5.33. The van der Waals surface area contributed by atoms with Crippen LogP contribution in [0.25, 0.3) is 0 Å². The summed E-state index contributed by atoms with van der Waals surface area (Å²) in [6, 6.07) is 40.0. The van der Waals surface area contributed by atoms with Gasteiger partial charge in [0.25, 0.3) is 0 Å². The molecule has 0 saturated heterocycles. The fourth-order valence-corrected chi connectivity index (χ4v) is 6.40. The van der Waals surface area contributed by atoms with Crippen LogP contribution in [-0.2, 0) is 12.8 Å². The second kappa shape index (κ2) is 17.8. The first-order chi connectivity index (χ1) is 23.0. The minimum atomic E-state index is -0.237. The molecule has 2 unspecified atom stereocenters. The van der Waals surface area contributed by atoms with Crippen molar-refractivity contribution in [3.63, 3.8) is 0 Å². The van der Waals surface area contributed by atoms with E-state index in [-0.39, 0.29) is 24.2 Å². The molecule has 0 radical (unpaired) electrons. The SMILES string of the molecule is CC(C)N(O)CC(C(N)Cc1ccc(OCC2=CCCC=C2)cc1)N(CCCc1ccccc1)C(c1ccccc1)c1ccccc1. The van der Waals surface area contributed by atoms with Gasteiger partial charge in [-0.2, -0.15) is 5.06 Å². The third kappa shape index (κ3) is 10.2. The number of nitrogens with two attached hydrogens (primary N) is 1. The van der Waals surface area contributed by atoms with Crippen molar-refractivity contribution in [2.45, 2.75) is 70.1 Å². The number of rotatable bonds is 17. The third-order valence-electron chi connectivity index (χ3n) is 9.05. The Kier molecular flexibility index (Phi) is 13.0. The van der Waals surface area contributed by atoms with Crippen molar-refractivity contribution in [1.29, 1.82) is 0 Å². The number of ether oxygens (including phenoxy) is 1. The Hall–Kier alpha value is -4.00. The van der Waals surface area contributed by atoms with E-state index in [1.807, 2.05) is 26.0 Å². The van der Waals surface area contributed by atoms with Crippen LogP contribution in [0.15, 0.2) is 139 Å². The number of hydrogen-bond donors (Lipinski definition) is 2. The predicted molar refractivity (Wildman–Crippen MR) is 194 cm³/mol. The van der Waals surface area contributed by atoms with Crippen LogP contribution >= 0.6 is 0 Å². The first-order valence-corrected chi connectivity index (χ1v) is 17.2. The van der Waals surface area contributed by atoms with Crippen molar-refractivity contribution in [2.75, 3.05) is 19.7 Å². The van der Waals surface area contributed by atoms with Gasteiger partial charge < -0.3 is 15.7 Å². The molecule has 0 bridgehead atoms. The molecule has 246 valence electrons. The zero-order valence-electron chi connectivity index (χ0n) is 28.0. The molecule has 4 aromatic rings. The zero-order valence-corrected chi connectivity index (χ0v) is 28.0. The van der Waals surface area contributed by atoms with Crippen LogP contribution in [0.1, 0.15) is 61.4 Å². The fraction of sp³-hybridized carbons (Fsp3) is 0.333. The van der Waals surface area contributed by atoms with Gasteiger partial charge >= 0.3 is 0 Å². The van der Waals surface area contributed by atoms with E-state index in [1.54, 1.807) is 0 Å². The summed E-state index contributed by atoms with van der Waals surface area (Å²) in [5.74, 6) is 0.857. The van der Waals surface area contributed by atoms with Gasteiger partial charge in [-0.05, 0) is 92.5 Å². The lowest BCUT2D eigenvalue weighted by Gasteiger charge is -2.43. The van der Waals surface area contributed by atoms with Crippen LogP contribution in [-0.4, -0.2) is 53.0 Å². The summed E-state index contributed by atoms with van der Waals surface area (Å²) in [6.45, 7) is 5.88. The van der Waals surface area contributed by atoms with Gasteiger partial charge in [-0.3, -0.25) is 4.90 Å². The number of hydroxylamine groups is 2. The highest BCUT2D eigenvalue weighted by atomic mass is 16.5. The molecule has 0 fully saturated rings. The summed E-state index contributed by atoms with van der Waals surface area (Å²) >= 11 is 0. The van der Waals surface area contributed by atoms with Crippen molar-refractivity contribution >= 4 is 0 Å². The van der Waals surface area contributed by atoms with Gasteiger partial charge in [0.1, 0.15) is 12.4 Å². The number of hydrogen-bond acceptors (Lipinski definition) is 5. The molecule has 5 heteroatoms. The molecule has 2 atom stereocenters. The molecule has 5 nitrogen and oxygen atoms in total. The van der Waals surface area contributed by atoms with Gasteiger partial charge in [0, 0.05) is 24.7 Å². The molecule has 0 aromatic heterocycles. The molecule has 0 saturated carbocycles. The summed E-state index contributed by atoms with van der Waals surface area (Å²) < 4.78 is 6.08. The van der Waals surface area contributed by atoms with Crippen LogP contribution in [0.5, 0.6) is 5.75 Å². The van der Waals surface area contributed by atoms with Crippen molar-refractivity contribution in [3.05, 3.63) is 161 Å². The highest BCUT2D eigenvalue weighted by Gasteiger charge is 2.34. The maximum absolute atomic E-state index is 11.2. The van der Waals surface area contributed by atoms with E-state index >= 15 is 0 Å². The Morgan fingerprint density at radius 3 is 1.96 bits per heavy atom. The molecule has 47 heavy (non-hydrogen) atoms. The maximum atomic E-state index is 11.2. The summed E-state index contributed by atoms with van der Waals surface area (Å²) in [5, 5.41) is 12.7. The van der Waals surface area contributed by atoms with Gasteiger partial charge in [-0.25, -0.2) is 0 Å². The Morgan fingerprint density at radius 2 is 1.38 bits per heavy atom. The lowest BCUT2D eigenvalue weighted by atomic mass is 9.91. The summed E-state index contributed by atoms with van der Waals surface area (Å²) in [7, 11) is 0. The van der Waals surface area contributed by atoms with E-state index in [0.29, 0.717) is 19.6 Å². The molecular formula is C42H51N3O2. The van der Waals surface area contributed by atoms with Crippen LogP contribution < -0.4 is 10.5 Å². The second-order valence-electron chi connectivity index (χ2n) is 12.9. The fourth-order valence-electron chi connectivity index (χ4n) is 6.40. The Morgan fingerprint density at radius 1 is 0.766 bits per heavy atom. The zero-order chi connectivity index (χ0) is 32.8. The van der Waals surface area contributed by atoms with Crippen LogP contribution in [0, 0.1) is 0 Å². The van der Waals surface area contributed by atoms with Crippen LogP contribution in [0.3, 0.4) is 0 Å². The van der Waals surface area contributed by atoms with E-state index in [9.17, 15) is 5.21 Å². The standard InChI is InChI=1S/C42H51N3O2/c1-33(2)45(46)31-41(40(43)30-35-25-27-39(28-26-35)47-32-36-18-9-4-10-19-36)44(29-15-20-34-16-7-3-8-17-34)42(37-21-11-5-12-22-37)38-23-13-6-14-24-38/h3,5-9,11-14,16-19,21-28,33,40-42,46H,4,10,15,20,29-32,43H2,1-2H3. The largest absolute Gasteiger partial charge is 0.489 e. The minimum Gasteiger partial charge on any atom is -0.489 e. The first kappa shape index (κ1) is 34.3. The number of aryl methyl sites for hydroxylation is 1. The predicted octanol–water partition coefficient (Wildman–Crippen LogP) is 8.40. The highest BCUT2D eigenvalue weighted by Crippen LogP contribution is 2.32. The second-order valence-corrected chi connectivity index (χ2v) is 12.9. The van der Waals surface area contributed by atoms with E-state index in [4.69, 9.17) is 10.5 Å². The number of nitrogens with zero attached hydrogens (tertiary/aromatic N) is 2. The lowest BCUT2D eigenvalue weighted by Crippen LogP contribution is -2.56. The van der Waals surface area contributed by atoms with Crippen LogP contribution in [0.4, 0.5) is 0 Å². The molecule has 4 aromatic carbocycles. The number of benzene rings is 4. The van der Waals surface area contributed by atoms with E-state index in [1.165, 1.54) is 27.3 Å². The first-order valence-electron chi connectivity index (χ1n) is 17.2. The van der Waals surface area contributed by atoms with Gasteiger partial charge in [0.2, 0.25) is 0 Å². The maximum Gasteiger partial charge on any atom is 0.119 e. The quantitative estimate of drug-likeness (QED) is 0.115. The van der Waals surface area contributed by atoms with E-state index < -0.39 is 0 Å². The van der Waals surface area contributed by atoms with Gasteiger partial charge in [-0.15, -0.1) is 0 Å². The van der Waals surface area contributed by atoms with Crippen molar-refractivity contribution in [3.8, 4) is 5.75 Å². The van der Waals surface area contributed by atoms with Gasteiger partial charge in [-0.1, -0.05) is 121 Å². The monoisotopic (exact) mass is 629 g/mol. The molecule has 0 aliphatic heterocycles. The molecule has 1 aliphatic rings. The van der Waals surface area contributed by atoms with Gasteiger partial charge in [0.15, 0.2) is 0 Å². The molecular weight excluding hydrogens is 578 g/mol. The summed E-state index contributed by atoms with van der Waals surface area (Å²) in [6.07, 6.45) is 11.4. The average Bonchev–Trinajstić information content (AvgIpc) is 3.11. The Labute approximate surface area is 282 Å². The van der Waals surface area contributed by atoms with E-state index in [2.05, 4.69) is 126 Å². The third-order valence-corrected chi connectivity index (χ3v) is 9.05. The summed E-state index contributed by atoms with van der Waals surface area (Å²) in [5.41, 5.74) is 13.4. The van der Waals surface area contributed by atoms with Crippen molar-refractivity contribution < 1.29 is 9.94 Å². The molecule has 5 rings (SSSR count). The number of allylic oxidation sites excluding steroid dienone is 2. The average molecular weight is 630 g/mol. The summed E-state index contributed by atoms with van der Waals surface area (Å²) in [4.78, 5) is 2.55. The molecule has 0 spiro atoms. The van der Waals surface area contributed by atoms with E-state index in [0.717, 1.165) is 43.5 Å². The molecule has 1 aliphatic carbocycles.